The van der Waals surface area contributed by atoms with Crippen molar-refractivity contribution in [3.8, 4) is 22.8 Å². The Kier molecular flexibility index (Phi) is 5.14. The number of ether oxygens (including phenoxy) is 2. The molecule has 2 aromatic carbocycles. The van der Waals surface area contributed by atoms with Crippen molar-refractivity contribution in [2.24, 2.45) is 0 Å². The van der Waals surface area contributed by atoms with Crippen LogP contribution in [0, 0.1) is 0 Å². The Bertz CT molecular complexity index is 1170. The summed E-state index contributed by atoms with van der Waals surface area (Å²) < 4.78 is 12.5. The second-order valence-electron chi connectivity index (χ2n) is 6.96. The van der Waals surface area contributed by atoms with Crippen molar-refractivity contribution in [2.45, 2.75) is 19.9 Å². The number of nitrogens with zero attached hydrogens (tertiary/aromatic N) is 2. The zero-order valence-electron chi connectivity index (χ0n) is 17.0. The zero-order chi connectivity index (χ0) is 21.3. The predicted octanol–water partition coefficient (Wildman–Crippen LogP) is 3.19. The number of aryl methyl sites for hydroxylation is 1. The Labute approximate surface area is 173 Å². The van der Waals surface area contributed by atoms with Gasteiger partial charge in [0, 0.05) is 36.5 Å². The molecule has 0 radical (unpaired) electrons. The minimum absolute atomic E-state index is 0.134. The molecule has 2 N–H and O–H groups in total. The fourth-order valence-electron chi connectivity index (χ4n) is 3.60. The van der Waals surface area contributed by atoms with Gasteiger partial charge in [-0.05, 0) is 48.4 Å². The van der Waals surface area contributed by atoms with Crippen molar-refractivity contribution in [2.75, 3.05) is 24.9 Å². The normalized spacial score (nSPS) is 11.8. The number of amides is 1. The van der Waals surface area contributed by atoms with Gasteiger partial charge in [-0.3, -0.25) is 9.36 Å². The van der Waals surface area contributed by atoms with Crippen LogP contribution >= 0.6 is 0 Å². The maximum atomic E-state index is 12.6. The number of anilines is 3. The van der Waals surface area contributed by atoms with Crippen LogP contribution in [0.25, 0.3) is 11.3 Å². The van der Waals surface area contributed by atoms with E-state index in [0.717, 1.165) is 22.5 Å². The first kappa shape index (κ1) is 19.5. The quantitative estimate of drug-likeness (QED) is 0.676. The molecule has 3 aromatic rings. The van der Waals surface area contributed by atoms with E-state index < -0.39 is 0 Å². The molecule has 1 aromatic heterocycles. The molecule has 0 fully saturated rings. The lowest BCUT2D eigenvalue weighted by atomic mass is 9.97. The standard InChI is InChI=1S/C22H22N4O4/c1-13(27)23-15-4-6-16(7-5-15)24-21-12-18-17-11-20(30-3)19(29-2)10-14(17)8-9-26(18)22(28)25-21/h4-7,10-12H,8-9H2,1-3H3,(H,23,27)(H,24,25,28). The SMILES string of the molecule is COc1cc2c(cc1OC)-c1cc(Nc3ccc(NC(C)=O)cc3)nc(=O)n1CC2. The largest absolute Gasteiger partial charge is 0.493 e. The monoisotopic (exact) mass is 406 g/mol. The third-order valence-corrected chi connectivity index (χ3v) is 4.98. The smallest absolute Gasteiger partial charge is 0.350 e. The van der Waals surface area contributed by atoms with Crippen molar-refractivity contribution in [1.82, 2.24) is 9.55 Å². The van der Waals surface area contributed by atoms with Gasteiger partial charge in [0.15, 0.2) is 11.5 Å². The lowest BCUT2D eigenvalue weighted by molar-refractivity contribution is -0.114. The molecule has 154 valence electrons. The average molecular weight is 406 g/mol. The summed E-state index contributed by atoms with van der Waals surface area (Å²) in [6, 6.07) is 12.9. The number of rotatable bonds is 5. The van der Waals surface area contributed by atoms with Crippen LogP contribution in [0.5, 0.6) is 11.5 Å². The van der Waals surface area contributed by atoms with Crippen molar-refractivity contribution in [3.63, 3.8) is 0 Å². The molecule has 0 spiro atoms. The van der Waals surface area contributed by atoms with Crippen LogP contribution in [0.15, 0.2) is 47.3 Å². The molecule has 0 unspecified atom stereocenters. The molecule has 0 saturated carbocycles. The van der Waals surface area contributed by atoms with Gasteiger partial charge in [-0.15, -0.1) is 0 Å². The van der Waals surface area contributed by atoms with Gasteiger partial charge < -0.3 is 20.1 Å². The summed E-state index contributed by atoms with van der Waals surface area (Å²) in [5.74, 6) is 1.59. The lowest BCUT2D eigenvalue weighted by Crippen LogP contribution is -2.28. The molecule has 2 heterocycles. The Morgan fingerprint density at radius 3 is 2.37 bits per heavy atom. The molecule has 1 aliphatic heterocycles. The summed E-state index contributed by atoms with van der Waals surface area (Å²) in [7, 11) is 3.19. The van der Waals surface area contributed by atoms with Gasteiger partial charge in [0.2, 0.25) is 5.91 Å². The summed E-state index contributed by atoms with van der Waals surface area (Å²) in [6.07, 6.45) is 0.710. The van der Waals surface area contributed by atoms with Crippen LogP contribution in [-0.2, 0) is 17.8 Å². The van der Waals surface area contributed by atoms with Gasteiger partial charge in [-0.25, -0.2) is 4.79 Å². The van der Waals surface area contributed by atoms with E-state index in [0.29, 0.717) is 36.0 Å². The summed E-state index contributed by atoms with van der Waals surface area (Å²) in [5.41, 5.74) is 3.91. The number of carbonyl (C=O) groups is 1. The Morgan fingerprint density at radius 2 is 1.70 bits per heavy atom. The molecule has 4 rings (SSSR count). The average Bonchev–Trinajstić information content (AvgIpc) is 2.73. The fraction of sp³-hybridized carbons (Fsp3) is 0.227. The van der Waals surface area contributed by atoms with Crippen LogP contribution in [0.1, 0.15) is 12.5 Å². The van der Waals surface area contributed by atoms with Gasteiger partial charge in [0.1, 0.15) is 5.82 Å². The van der Waals surface area contributed by atoms with Crippen molar-refractivity contribution >= 4 is 23.1 Å². The van der Waals surface area contributed by atoms with E-state index in [2.05, 4.69) is 15.6 Å². The van der Waals surface area contributed by atoms with Crippen LogP contribution in [0.2, 0.25) is 0 Å². The number of hydrogen-bond donors (Lipinski definition) is 2. The van der Waals surface area contributed by atoms with E-state index in [1.54, 1.807) is 30.9 Å². The summed E-state index contributed by atoms with van der Waals surface area (Å²) in [6.45, 7) is 2.01. The summed E-state index contributed by atoms with van der Waals surface area (Å²) in [4.78, 5) is 28.0. The fourth-order valence-corrected chi connectivity index (χ4v) is 3.60. The second-order valence-corrected chi connectivity index (χ2v) is 6.96. The number of methoxy groups -OCH3 is 2. The third-order valence-electron chi connectivity index (χ3n) is 4.98. The number of aromatic nitrogens is 2. The van der Waals surface area contributed by atoms with Crippen LogP contribution in [0.4, 0.5) is 17.2 Å². The first-order chi connectivity index (χ1) is 14.5. The topological polar surface area (TPSA) is 94.5 Å². The molecule has 30 heavy (non-hydrogen) atoms. The Hall–Kier alpha value is -3.81. The zero-order valence-corrected chi connectivity index (χ0v) is 17.0. The van der Waals surface area contributed by atoms with Crippen molar-refractivity contribution in [3.05, 3.63) is 58.5 Å². The Balaban J connectivity index is 1.70. The van der Waals surface area contributed by atoms with Crippen LogP contribution < -0.4 is 25.8 Å². The van der Waals surface area contributed by atoms with E-state index in [-0.39, 0.29) is 11.6 Å². The van der Waals surface area contributed by atoms with Crippen LogP contribution in [0.3, 0.4) is 0 Å². The number of hydrogen-bond acceptors (Lipinski definition) is 6. The minimum atomic E-state index is -0.315. The first-order valence-corrected chi connectivity index (χ1v) is 9.50. The second kappa shape index (κ2) is 7.90. The molecule has 0 saturated heterocycles. The third kappa shape index (κ3) is 3.71. The predicted molar refractivity (Wildman–Crippen MR) is 115 cm³/mol. The van der Waals surface area contributed by atoms with Gasteiger partial charge in [-0.2, -0.15) is 4.98 Å². The van der Waals surface area contributed by atoms with E-state index in [9.17, 15) is 9.59 Å². The van der Waals surface area contributed by atoms with Crippen molar-refractivity contribution < 1.29 is 14.3 Å². The highest BCUT2D eigenvalue weighted by Gasteiger charge is 2.21. The van der Waals surface area contributed by atoms with E-state index in [4.69, 9.17) is 9.47 Å². The number of nitrogens with one attached hydrogen (secondary N) is 2. The molecule has 1 aliphatic rings. The minimum Gasteiger partial charge on any atom is -0.493 e. The molecule has 8 nitrogen and oxygen atoms in total. The maximum Gasteiger partial charge on any atom is 0.350 e. The maximum absolute atomic E-state index is 12.6. The van der Waals surface area contributed by atoms with Gasteiger partial charge in [0.25, 0.3) is 0 Å². The molecule has 8 heteroatoms. The van der Waals surface area contributed by atoms with Crippen LogP contribution in [-0.4, -0.2) is 29.7 Å². The number of fused-ring (bicyclic) bond motifs is 3. The first-order valence-electron chi connectivity index (χ1n) is 9.50. The molecule has 1 amide bonds. The van der Waals surface area contributed by atoms with Gasteiger partial charge >= 0.3 is 5.69 Å². The highest BCUT2D eigenvalue weighted by Crippen LogP contribution is 2.38. The molecular formula is C22H22N4O4. The summed E-state index contributed by atoms with van der Waals surface area (Å²) in [5, 5.41) is 5.88. The van der Waals surface area contributed by atoms with E-state index >= 15 is 0 Å². The van der Waals surface area contributed by atoms with E-state index in [1.165, 1.54) is 6.92 Å². The van der Waals surface area contributed by atoms with Gasteiger partial charge in [-0.1, -0.05) is 0 Å². The highest BCUT2D eigenvalue weighted by atomic mass is 16.5. The van der Waals surface area contributed by atoms with Gasteiger partial charge in [0.05, 0.1) is 19.9 Å². The molecule has 0 atom stereocenters. The lowest BCUT2D eigenvalue weighted by Gasteiger charge is -2.23. The number of benzene rings is 2. The highest BCUT2D eigenvalue weighted by molar-refractivity contribution is 5.88. The Morgan fingerprint density at radius 1 is 1.03 bits per heavy atom. The van der Waals surface area contributed by atoms with E-state index in [1.807, 2.05) is 30.3 Å². The molecule has 0 aliphatic carbocycles. The number of carbonyl (C=O) groups excluding carboxylic acids is 1. The molecule has 0 bridgehead atoms. The summed E-state index contributed by atoms with van der Waals surface area (Å²) >= 11 is 0. The molecular weight excluding hydrogens is 384 g/mol. The van der Waals surface area contributed by atoms with Crippen molar-refractivity contribution in [1.29, 1.82) is 0 Å².